The molecule has 3 heteroatoms. The maximum atomic E-state index is 5.28. The van der Waals surface area contributed by atoms with E-state index in [9.17, 15) is 0 Å². The molecule has 50 heavy (non-hydrogen) atoms. The molecule has 0 saturated heterocycles. The maximum Gasteiger partial charge on any atom is 0.161 e. The van der Waals surface area contributed by atoms with Crippen LogP contribution >= 0.6 is 0 Å². The van der Waals surface area contributed by atoms with E-state index in [1.165, 1.54) is 10.8 Å². The molecule has 0 aliphatic carbocycles. The van der Waals surface area contributed by atoms with Crippen molar-refractivity contribution in [3.8, 4) is 45.0 Å². The first-order chi connectivity index (χ1) is 24.6. The molecule has 0 amide bonds. The summed E-state index contributed by atoms with van der Waals surface area (Å²) in [6.45, 7) is 8.17. The van der Waals surface area contributed by atoms with E-state index in [2.05, 4.69) is 151 Å². The highest BCUT2D eigenvalue weighted by Crippen LogP contribution is 2.36. The summed E-state index contributed by atoms with van der Waals surface area (Å²) in [7, 11) is 0. The van der Waals surface area contributed by atoms with Crippen LogP contribution < -0.4 is 0 Å². The minimum absolute atomic E-state index is 0.664. The lowest BCUT2D eigenvalue weighted by Crippen LogP contribution is -1.98. The third-order valence-corrected chi connectivity index (χ3v) is 8.78. The second-order valence-corrected chi connectivity index (χ2v) is 12.0. The Hall–Kier alpha value is -6.45. The van der Waals surface area contributed by atoms with Crippen LogP contribution in [0.5, 0.6) is 0 Å². The highest BCUT2D eigenvalue weighted by Gasteiger charge is 2.16. The third-order valence-electron chi connectivity index (χ3n) is 8.78. The van der Waals surface area contributed by atoms with E-state index in [-0.39, 0.29) is 0 Å². The number of aliphatic imine (C=N–C) groups is 1. The van der Waals surface area contributed by atoms with Gasteiger partial charge in [0.15, 0.2) is 5.82 Å². The fourth-order valence-electron chi connectivity index (χ4n) is 6.33. The number of benzene rings is 6. The van der Waals surface area contributed by atoms with Crippen LogP contribution in [0.2, 0.25) is 0 Å². The van der Waals surface area contributed by atoms with Gasteiger partial charge in [0.2, 0.25) is 0 Å². The molecule has 7 aromatic rings. The maximum absolute atomic E-state index is 5.28. The lowest BCUT2D eigenvalue weighted by atomic mass is 9.93. The van der Waals surface area contributed by atoms with Crippen LogP contribution in [-0.4, -0.2) is 16.2 Å². The summed E-state index contributed by atoms with van der Waals surface area (Å²) in [4.78, 5) is 14.9. The van der Waals surface area contributed by atoms with Crippen molar-refractivity contribution < 1.29 is 0 Å². The molecule has 0 spiro atoms. The van der Waals surface area contributed by atoms with E-state index in [4.69, 9.17) is 9.97 Å². The van der Waals surface area contributed by atoms with Crippen LogP contribution in [0, 0.1) is 0 Å². The number of allylic oxidation sites excluding steroid dienone is 3. The molecule has 0 unspecified atom stereocenters. The molecule has 0 radical (unpaired) electrons. The Balaban J connectivity index is 1.41. The monoisotopic (exact) mass is 643 g/mol. The quantitative estimate of drug-likeness (QED) is 0.147. The molecule has 0 bridgehead atoms. The van der Waals surface area contributed by atoms with Gasteiger partial charge >= 0.3 is 0 Å². The number of aromatic nitrogens is 2. The van der Waals surface area contributed by atoms with Gasteiger partial charge in [0.1, 0.15) is 0 Å². The topological polar surface area (TPSA) is 38.1 Å². The van der Waals surface area contributed by atoms with Crippen LogP contribution in [0.15, 0.2) is 163 Å². The summed E-state index contributed by atoms with van der Waals surface area (Å²) in [5, 5.41) is 4.67. The lowest BCUT2D eigenvalue weighted by Gasteiger charge is -2.15. The van der Waals surface area contributed by atoms with Crippen molar-refractivity contribution in [2.45, 2.75) is 13.8 Å². The van der Waals surface area contributed by atoms with Crippen molar-refractivity contribution in [3.05, 3.63) is 175 Å². The first-order valence-electron chi connectivity index (χ1n) is 16.9. The fourth-order valence-corrected chi connectivity index (χ4v) is 6.33. The van der Waals surface area contributed by atoms with Crippen LogP contribution in [-0.2, 0) is 0 Å². The first kappa shape index (κ1) is 32.1. The summed E-state index contributed by atoms with van der Waals surface area (Å²) >= 11 is 0. The van der Waals surface area contributed by atoms with Crippen molar-refractivity contribution in [2.24, 2.45) is 4.99 Å². The van der Waals surface area contributed by atoms with Gasteiger partial charge in [-0.25, -0.2) is 9.97 Å². The molecule has 0 fully saturated rings. The molecule has 240 valence electrons. The van der Waals surface area contributed by atoms with E-state index in [0.717, 1.165) is 66.7 Å². The molecule has 0 N–H and O–H groups in total. The zero-order valence-electron chi connectivity index (χ0n) is 28.3. The third kappa shape index (κ3) is 6.76. The predicted octanol–water partition coefficient (Wildman–Crippen LogP) is 12.7. The van der Waals surface area contributed by atoms with Crippen molar-refractivity contribution in [2.75, 3.05) is 0 Å². The molecular weight excluding hydrogens is 607 g/mol. The molecule has 6 aromatic carbocycles. The van der Waals surface area contributed by atoms with Crippen molar-refractivity contribution >= 4 is 46.0 Å². The minimum Gasteiger partial charge on any atom is -0.265 e. The van der Waals surface area contributed by atoms with Gasteiger partial charge in [-0.3, -0.25) is 4.99 Å². The number of fused-ring (bicyclic) bond motifs is 2. The van der Waals surface area contributed by atoms with Crippen LogP contribution in [0.4, 0.5) is 0 Å². The van der Waals surface area contributed by atoms with Gasteiger partial charge in [0, 0.05) is 29.1 Å². The Morgan fingerprint density at radius 1 is 0.580 bits per heavy atom. The van der Waals surface area contributed by atoms with Crippen LogP contribution in [0.3, 0.4) is 0 Å². The molecule has 3 nitrogen and oxygen atoms in total. The van der Waals surface area contributed by atoms with Gasteiger partial charge in [-0.15, -0.1) is 0 Å². The zero-order valence-corrected chi connectivity index (χ0v) is 28.3. The van der Waals surface area contributed by atoms with Crippen molar-refractivity contribution in [1.82, 2.24) is 9.97 Å². The second-order valence-electron chi connectivity index (χ2n) is 12.0. The van der Waals surface area contributed by atoms with Gasteiger partial charge in [-0.1, -0.05) is 128 Å². The highest BCUT2D eigenvalue weighted by molar-refractivity contribution is 6.03. The number of hydrogen-bond donors (Lipinski definition) is 0. The van der Waals surface area contributed by atoms with Crippen molar-refractivity contribution in [1.29, 1.82) is 0 Å². The molecule has 1 heterocycles. The predicted molar refractivity (Wildman–Crippen MR) is 216 cm³/mol. The van der Waals surface area contributed by atoms with Gasteiger partial charge in [-0.05, 0) is 106 Å². The van der Waals surface area contributed by atoms with E-state index >= 15 is 0 Å². The van der Waals surface area contributed by atoms with Gasteiger partial charge in [0.25, 0.3) is 0 Å². The normalized spacial score (nSPS) is 12.0. The van der Waals surface area contributed by atoms with E-state index in [0.29, 0.717) is 5.82 Å². The Morgan fingerprint density at radius 2 is 1.28 bits per heavy atom. The fraction of sp³-hybridized carbons (Fsp3) is 0.0426. The molecule has 0 atom stereocenters. The Bertz CT molecular complexity index is 2480. The molecular formula is C47H37N3. The van der Waals surface area contributed by atoms with Gasteiger partial charge in [0.05, 0.1) is 11.4 Å². The van der Waals surface area contributed by atoms with Crippen LogP contribution in [0.25, 0.3) is 84.8 Å². The molecule has 0 aliphatic heterocycles. The summed E-state index contributed by atoms with van der Waals surface area (Å²) < 4.78 is 0. The molecule has 1 aromatic heterocycles. The Kier molecular flexibility index (Phi) is 9.48. The Morgan fingerprint density at radius 3 is 2.06 bits per heavy atom. The number of nitrogens with zero attached hydrogens (tertiary/aromatic N) is 3. The SMILES string of the molecule is C=Cc1cc(-c2nc(-c3cccc(/C=C/N=C\C=C/C)c3)cc(-c3cccc(-c4ccc5ccccc5c4)c3)n2)c2ccccc2c1/C=C\C. The van der Waals surface area contributed by atoms with Crippen molar-refractivity contribution in [3.63, 3.8) is 0 Å². The average molecular weight is 644 g/mol. The summed E-state index contributed by atoms with van der Waals surface area (Å²) in [5.41, 5.74) is 10.2. The zero-order chi connectivity index (χ0) is 34.3. The van der Waals surface area contributed by atoms with Gasteiger partial charge in [-0.2, -0.15) is 0 Å². The minimum atomic E-state index is 0.664. The molecule has 0 aliphatic rings. The highest BCUT2D eigenvalue weighted by atomic mass is 14.9. The summed E-state index contributed by atoms with van der Waals surface area (Å²) in [5.74, 6) is 0.664. The largest absolute Gasteiger partial charge is 0.265 e. The smallest absolute Gasteiger partial charge is 0.161 e. The number of rotatable bonds is 9. The Labute approximate surface area is 294 Å². The molecule has 7 rings (SSSR count). The number of hydrogen-bond acceptors (Lipinski definition) is 3. The summed E-state index contributed by atoms with van der Waals surface area (Å²) in [6.07, 6.45) is 15.6. The summed E-state index contributed by atoms with van der Waals surface area (Å²) in [6, 6.07) is 44.8. The average Bonchev–Trinajstić information content (AvgIpc) is 3.18. The van der Waals surface area contributed by atoms with Crippen LogP contribution in [0.1, 0.15) is 30.5 Å². The van der Waals surface area contributed by atoms with E-state index in [1.807, 2.05) is 44.4 Å². The standard InChI is InChI=1S/C47H37N3/c1-4-7-26-48-27-25-33-15-12-19-39(28-33)45-32-46(40-20-13-18-37(30-40)38-24-23-35-16-8-9-17-36(35)29-38)50-47(49-45)44-31-34(6-3)41(14-5-2)42-21-10-11-22-43(42)44/h4-32H,3H2,1-2H3/b7-4-,14-5-,27-25+,48-26-. The van der Waals surface area contributed by atoms with E-state index in [1.54, 1.807) is 6.21 Å². The first-order valence-corrected chi connectivity index (χ1v) is 16.9. The van der Waals surface area contributed by atoms with Gasteiger partial charge < -0.3 is 0 Å². The lowest BCUT2D eigenvalue weighted by molar-refractivity contribution is 1.19. The van der Waals surface area contributed by atoms with E-state index < -0.39 is 0 Å². The second kappa shape index (κ2) is 14.8. The molecule has 0 saturated carbocycles.